The second-order valence-corrected chi connectivity index (χ2v) is 19.2. The Hall–Kier alpha value is -3.04. The van der Waals surface area contributed by atoms with E-state index in [1.54, 1.807) is 0 Å². The molecular formula is C41H47F3O3P2. The number of rotatable bonds is 6. The molecule has 2 heterocycles. The predicted octanol–water partition coefficient (Wildman–Crippen LogP) is 13.6. The molecule has 8 heteroatoms. The lowest BCUT2D eigenvalue weighted by atomic mass is 9.83. The standard InChI is InChI=1S/C41H47F3O3P2/c1-26-21-30-31-22-27(2)24-33(40(6,7)8)38(31)47-49(46-37(30)32(23-26)39(3,4)5)45-36(41(42,43)44)25-48-34(28-15-11-9-12-16-28)19-20-35(48)29-17-13-10-14-18-29/h9-18,21-24,34-36H,19-20,25H2,1-8H3/t34-,35-,36-/m1/s1. The van der Waals surface area contributed by atoms with Crippen LogP contribution in [0.4, 0.5) is 13.2 Å². The monoisotopic (exact) mass is 706 g/mol. The van der Waals surface area contributed by atoms with E-state index in [0.717, 1.165) is 57.0 Å². The molecule has 1 saturated heterocycles. The molecule has 0 radical (unpaired) electrons. The van der Waals surface area contributed by atoms with Gasteiger partial charge >= 0.3 is 14.4 Å². The van der Waals surface area contributed by atoms with Gasteiger partial charge in [0.15, 0.2) is 6.10 Å². The highest BCUT2D eigenvalue weighted by Crippen LogP contribution is 2.71. The van der Waals surface area contributed by atoms with Crippen LogP contribution in [0.1, 0.15) is 99.1 Å². The Morgan fingerprint density at radius 3 is 1.45 bits per heavy atom. The van der Waals surface area contributed by atoms with Crippen LogP contribution in [0.25, 0.3) is 21.9 Å². The molecule has 4 aromatic carbocycles. The minimum atomic E-state index is -4.62. The largest absolute Gasteiger partial charge is 0.416 e. The summed E-state index contributed by atoms with van der Waals surface area (Å²) in [5.74, 6) is 0. The van der Waals surface area contributed by atoms with Crippen molar-refractivity contribution in [2.24, 2.45) is 0 Å². The van der Waals surface area contributed by atoms with Crippen molar-refractivity contribution in [1.29, 1.82) is 0 Å². The van der Waals surface area contributed by atoms with Gasteiger partial charge in [0.05, 0.1) is 0 Å². The van der Waals surface area contributed by atoms with Crippen LogP contribution in [0.2, 0.25) is 0 Å². The van der Waals surface area contributed by atoms with Gasteiger partial charge in [-0.05, 0) is 71.9 Å². The lowest BCUT2D eigenvalue weighted by Crippen LogP contribution is -2.36. The van der Waals surface area contributed by atoms with Crippen LogP contribution in [0.15, 0.2) is 93.3 Å². The third-order valence-corrected chi connectivity index (χ3v) is 14.1. The zero-order chi connectivity index (χ0) is 35.3. The Bertz CT molecular complexity index is 1840. The Kier molecular flexibility index (Phi) is 9.92. The van der Waals surface area contributed by atoms with Gasteiger partial charge in [-0.15, -0.1) is 0 Å². The first-order chi connectivity index (χ1) is 23.0. The highest BCUT2D eigenvalue weighted by molar-refractivity contribution is 7.58. The summed E-state index contributed by atoms with van der Waals surface area (Å²) in [5, 5.41) is 1.64. The summed E-state index contributed by atoms with van der Waals surface area (Å²) in [5.41, 5.74) is 6.53. The number of aryl methyl sites for hydroxylation is 2. The maximum Gasteiger partial charge on any atom is 0.416 e. The average Bonchev–Trinajstić information content (AvgIpc) is 3.38. The fraction of sp³-hybridized carbons (Fsp3) is 0.415. The fourth-order valence-electron chi connectivity index (χ4n) is 7.15. The van der Waals surface area contributed by atoms with Crippen molar-refractivity contribution < 1.29 is 26.1 Å². The van der Waals surface area contributed by atoms with Gasteiger partial charge in [0.2, 0.25) is 0 Å². The van der Waals surface area contributed by atoms with E-state index in [-0.39, 0.29) is 28.3 Å². The Morgan fingerprint density at radius 2 is 1.08 bits per heavy atom. The first-order valence-corrected chi connectivity index (χ1v) is 19.8. The van der Waals surface area contributed by atoms with Gasteiger partial charge in [-0.1, -0.05) is 122 Å². The first-order valence-electron chi connectivity index (χ1n) is 17.1. The maximum absolute atomic E-state index is 15.3. The number of benzene rings is 4. The molecule has 3 nitrogen and oxygen atoms in total. The molecule has 260 valence electrons. The van der Waals surface area contributed by atoms with Crippen LogP contribution in [0.5, 0.6) is 0 Å². The van der Waals surface area contributed by atoms with E-state index in [4.69, 9.17) is 12.9 Å². The average molecular weight is 707 g/mol. The number of halogens is 3. The van der Waals surface area contributed by atoms with Gasteiger partial charge in [0.1, 0.15) is 11.2 Å². The quantitative estimate of drug-likeness (QED) is 0.165. The molecule has 0 saturated carbocycles. The highest BCUT2D eigenvalue weighted by Gasteiger charge is 2.48. The maximum atomic E-state index is 15.3. The van der Waals surface area contributed by atoms with Crippen LogP contribution in [0.3, 0.4) is 0 Å². The molecule has 1 aliphatic rings. The van der Waals surface area contributed by atoms with Crippen LogP contribution in [0, 0.1) is 13.8 Å². The summed E-state index contributed by atoms with van der Waals surface area (Å²) in [6.45, 7) is 16.6. The van der Waals surface area contributed by atoms with E-state index < -0.39 is 28.4 Å². The van der Waals surface area contributed by atoms with Gasteiger partial charge in [0, 0.05) is 39.4 Å². The molecule has 1 aliphatic heterocycles. The topological polar surface area (TPSA) is 35.5 Å². The van der Waals surface area contributed by atoms with Gasteiger partial charge in [-0.2, -0.15) is 13.2 Å². The molecule has 0 bridgehead atoms. The van der Waals surface area contributed by atoms with Crippen LogP contribution in [-0.4, -0.2) is 18.4 Å². The van der Waals surface area contributed by atoms with Crippen LogP contribution >= 0.6 is 16.2 Å². The summed E-state index contributed by atoms with van der Waals surface area (Å²) in [7, 11) is -3.66. The molecule has 3 atom stereocenters. The van der Waals surface area contributed by atoms with Crippen molar-refractivity contribution in [3.05, 3.63) is 118 Å². The lowest BCUT2D eigenvalue weighted by Gasteiger charge is -2.30. The molecule has 1 aromatic heterocycles. The van der Waals surface area contributed by atoms with E-state index in [1.165, 1.54) is 0 Å². The molecule has 6 rings (SSSR count). The molecule has 49 heavy (non-hydrogen) atoms. The number of hydrogen-bond acceptors (Lipinski definition) is 3. The molecule has 0 spiro atoms. The van der Waals surface area contributed by atoms with Gasteiger partial charge < -0.3 is 8.39 Å². The predicted molar refractivity (Wildman–Crippen MR) is 199 cm³/mol. The minimum Gasteiger partial charge on any atom is -0.399 e. The van der Waals surface area contributed by atoms with E-state index in [0.29, 0.717) is 11.2 Å². The van der Waals surface area contributed by atoms with E-state index in [1.807, 2.05) is 50.2 Å². The minimum absolute atomic E-state index is 0.0333. The zero-order valence-corrected chi connectivity index (χ0v) is 31.5. The molecule has 0 amide bonds. The van der Waals surface area contributed by atoms with E-state index >= 15 is 13.2 Å². The zero-order valence-electron chi connectivity index (χ0n) is 29.7. The van der Waals surface area contributed by atoms with Crippen molar-refractivity contribution in [2.75, 3.05) is 6.16 Å². The SMILES string of the molecule is Cc1cc(C(C)(C)C)c2op(O[C@H](CP3[C@@H](c4ccccc4)CC[C@@H]3c3ccccc3)C(F)(F)F)oc3c(C(C)(C)C)cc(C)cc3c2c1. The molecule has 1 fully saturated rings. The smallest absolute Gasteiger partial charge is 0.399 e. The van der Waals surface area contributed by atoms with Crippen LogP contribution < -0.4 is 4.52 Å². The summed E-state index contributed by atoms with van der Waals surface area (Å²) in [4.78, 5) is 0. The van der Waals surface area contributed by atoms with Crippen LogP contribution in [-0.2, 0) is 10.8 Å². The Labute approximate surface area is 290 Å². The molecule has 5 aromatic rings. The van der Waals surface area contributed by atoms with Gasteiger partial charge in [-0.25, -0.2) is 0 Å². The highest BCUT2D eigenvalue weighted by atomic mass is 31.1. The van der Waals surface area contributed by atoms with E-state index in [2.05, 4.69) is 90.1 Å². The Balaban J connectivity index is 1.55. The lowest BCUT2D eigenvalue weighted by molar-refractivity contribution is -0.179. The Morgan fingerprint density at radius 1 is 0.673 bits per heavy atom. The number of alkyl halides is 3. The van der Waals surface area contributed by atoms with Crippen molar-refractivity contribution in [3.8, 4) is 0 Å². The fourth-order valence-corrected chi connectivity index (χ4v) is 12.2. The summed E-state index contributed by atoms with van der Waals surface area (Å²) in [6.07, 6.45) is -5.14. The summed E-state index contributed by atoms with van der Waals surface area (Å²) >= 11 is 0. The summed E-state index contributed by atoms with van der Waals surface area (Å²) < 4.78 is 65.3. The van der Waals surface area contributed by atoms with Crippen molar-refractivity contribution in [3.63, 3.8) is 0 Å². The second kappa shape index (κ2) is 13.6. The van der Waals surface area contributed by atoms with Crippen molar-refractivity contribution in [1.82, 2.24) is 0 Å². The third-order valence-electron chi connectivity index (χ3n) is 9.54. The van der Waals surface area contributed by atoms with Crippen molar-refractivity contribution in [2.45, 2.75) is 103 Å². The second-order valence-electron chi connectivity index (χ2n) is 15.5. The number of fused-ring (bicyclic) bond motifs is 3. The number of hydrogen-bond donors (Lipinski definition) is 0. The molecule has 0 unspecified atom stereocenters. The van der Waals surface area contributed by atoms with Gasteiger partial charge in [-0.3, -0.25) is 4.52 Å². The normalized spacial score (nSPS) is 18.3. The summed E-state index contributed by atoms with van der Waals surface area (Å²) in [6, 6.07) is 28.3. The van der Waals surface area contributed by atoms with Crippen molar-refractivity contribution >= 4 is 38.1 Å². The van der Waals surface area contributed by atoms with Gasteiger partial charge in [0.25, 0.3) is 0 Å². The third kappa shape index (κ3) is 7.68. The first kappa shape index (κ1) is 35.8. The molecular weight excluding hydrogens is 659 g/mol. The molecule has 0 aliphatic carbocycles. The molecule has 0 N–H and O–H groups in total. The van der Waals surface area contributed by atoms with E-state index in [9.17, 15) is 0 Å².